The highest BCUT2D eigenvalue weighted by Gasteiger charge is 2.06. The molecule has 0 fully saturated rings. The van der Waals surface area contributed by atoms with Gasteiger partial charge in [0.1, 0.15) is 5.76 Å². The minimum Gasteiger partial charge on any atom is -0.453 e. The van der Waals surface area contributed by atoms with Crippen LogP contribution in [-0.2, 0) is 6.54 Å². The Hall–Kier alpha value is -0.320. The van der Waals surface area contributed by atoms with Crippen LogP contribution in [0.2, 0.25) is 0 Å². The smallest absolute Gasteiger partial charge is 0.169 e. The van der Waals surface area contributed by atoms with Gasteiger partial charge in [-0.3, -0.25) is 4.90 Å². The lowest BCUT2D eigenvalue weighted by Gasteiger charge is -2.17. The summed E-state index contributed by atoms with van der Waals surface area (Å²) >= 11 is 3.27. The second kappa shape index (κ2) is 6.22. The highest BCUT2D eigenvalue weighted by Crippen LogP contribution is 2.15. The Morgan fingerprint density at radius 2 is 2.29 bits per heavy atom. The monoisotopic (exact) mass is 261 g/mol. The molecule has 3 nitrogen and oxygen atoms in total. The molecule has 0 atom stereocenters. The summed E-state index contributed by atoms with van der Waals surface area (Å²) in [6.45, 7) is 5.04. The SMILES string of the molecule is CCN(CCCO)Cc1ccc(Br)o1. The van der Waals surface area contributed by atoms with Crippen LogP contribution in [0.25, 0.3) is 0 Å². The van der Waals surface area contributed by atoms with Gasteiger partial charge in [0.2, 0.25) is 0 Å². The molecule has 14 heavy (non-hydrogen) atoms. The molecule has 4 heteroatoms. The van der Waals surface area contributed by atoms with Gasteiger partial charge in [-0.15, -0.1) is 0 Å². The van der Waals surface area contributed by atoms with Gasteiger partial charge in [0.25, 0.3) is 0 Å². The summed E-state index contributed by atoms with van der Waals surface area (Å²) in [7, 11) is 0. The molecule has 1 N–H and O–H groups in total. The molecular formula is C10H16BrNO2. The minimum absolute atomic E-state index is 0.248. The van der Waals surface area contributed by atoms with Gasteiger partial charge in [-0.25, -0.2) is 0 Å². The van der Waals surface area contributed by atoms with Gasteiger partial charge >= 0.3 is 0 Å². The molecular weight excluding hydrogens is 246 g/mol. The molecule has 0 unspecified atom stereocenters. The van der Waals surface area contributed by atoms with Crippen molar-refractivity contribution in [2.24, 2.45) is 0 Å². The number of nitrogens with zero attached hydrogens (tertiary/aromatic N) is 1. The number of hydrogen-bond donors (Lipinski definition) is 1. The van der Waals surface area contributed by atoms with Crippen molar-refractivity contribution in [1.29, 1.82) is 0 Å². The predicted molar refractivity (Wildman–Crippen MR) is 59.1 cm³/mol. The maximum atomic E-state index is 8.72. The normalized spacial score (nSPS) is 11.1. The Balaban J connectivity index is 2.40. The third-order valence-electron chi connectivity index (χ3n) is 2.09. The lowest BCUT2D eigenvalue weighted by molar-refractivity contribution is 0.214. The van der Waals surface area contributed by atoms with Gasteiger partial charge in [0.15, 0.2) is 4.67 Å². The maximum absolute atomic E-state index is 8.72. The number of furan rings is 1. The fourth-order valence-electron chi connectivity index (χ4n) is 1.30. The van der Waals surface area contributed by atoms with Crippen molar-refractivity contribution in [3.63, 3.8) is 0 Å². The van der Waals surface area contributed by atoms with Crippen LogP contribution in [0.3, 0.4) is 0 Å². The Morgan fingerprint density at radius 1 is 1.50 bits per heavy atom. The van der Waals surface area contributed by atoms with Gasteiger partial charge in [0, 0.05) is 13.2 Å². The first-order valence-corrected chi connectivity index (χ1v) is 5.63. The van der Waals surface area contributed by atoms with E-state index in [1.807, 2.05) is 12.1 Å². The van der Waals surface area contributed by atoms with E-state index >= 15 is 0 Å². The molecule has 0 aliphatic rings. The van der Waals surface area contributed by atoms with E-state index in [1.165, 1.54) is 0 Å². The zero-order valence-corrected chi connectivity index (χ0v) is 9.96. The Morgan fingerprint density at radius 3 is 2.79 bits per heavy atom. The minimum atomic E-state index is 0.248. The number of rotatable bonds is 6. The molecule has 80 valence electrons. The van der Waals surface area contributed by atoms with Crippen LogP contribution in [0.4, 0.5) is 0 Å². The van der Waals surface area contributed by atoms with Gasteiger partial charge < -0.3 is 9.52 Å². The highest BCUT2D eigenvalue weighted by molar-refractivity contribution is 9.10. The van der Waals surface area contributed by atoms with Crippen molar-refractivity contribution in [1.82, 2.24) is 4.90 Å². The van der Waals surface area contributed by atoms with Crippen molar-refractivity contribution in [2.75, 3.05) is 19.7 Å². The molecule has 1 aromatic heterocycles. The molecule has 0 aromatic carbocycles. The summed E-state index contributed by atoms with van der Waals surface area (Å²) in [5.41, 5.74) is 0. The van der Waals surface area contributed by atoms with Crippen LogP contribution in [0.1, 0.15) is 19.1 Å². The second-order valence-corrected chi connectivity index (χ2v) is 3.93. The largest absolute Gasteiger partial charge is 0.453 e. The predicted octanol–water partition coefficient (Wildman–Crippen LogP) is 2.25. The standard InChI is InChI=1S/C10H16BrNO2/c1-2-12(6-3-7-13)8-9-4-5-10(11)14-9/h4-5,13H,2-3,6-8H2,1H3. The van der Waals surface area contributed by atoms with Crippen molar-refractivity contribution >= 4 is 15.9 Å². The Kier molecular flexibility index (Phi) is 5.22. The molecule has 1 heterocycles. The van der Waals surface area contributed by atoms with Crippen molar-refractivity contribution in [3.05, 3.63) is 22.6 Å². The molecule has 0 aliphatic heterocycles. The van der Waals surface area contributed by atoms with E-state index < -0.39 is 0 Å². The van der Waals surface area contributed by atoms with Crippen molar-refractivity contribution in [3.8, 4) is 0 Å². The Bertz CT molecular complexity index is 262. The average Bonchev–Trinajstić information content (AvgIpc) is 2.58. The fourth-order valence-corrected chi connectivity index (χ4v) is 1.64. The van der Waals surface area contributed by atoms with Crippen LogP contribution in [0.15, 0.2) is 21.2 Å². The first-order chi connectivity index (χ1) is 6.76. The number of hydrogen-bond acceptors (Lipinski definition) is 3. The van der Waals surface area contributed by atoms with E-state index in [2.05, 4.69) is 27.8 Å². The van der Waals surface area contributed by atoms with E-state index in [-0.39, 0.29) is 6.61 Å². The third kappa shape index (κ3) is 3.82. The van der Waals surface area contributed by atoms with E-state index in [0.29, 0.717) is 0 Å². The first-order valence-electron chi connectivity index (χ1n) is 4.83. The summed E-state index contributed by atoms with van der Waals surface area (Å²) < 4.78 is 6.18. The number of aliphatic hydroxyl groups excluding tert-OH is 1. The van der Waals surface area contributed by atoms with Gasteiger partial charge in [-0.1, -0.05) is 6.92 Å². The highest BCUT2D eigenvalue weighted by atomic mass is 79.9. The number of halogens is 1. The van der Waals surface area contributed by atoms with Crippen molar-refractivity contribution < 1.29 is 9.52 Å². The van der Waals surface area contributed by atoms with Gasteiger partial charge in [-0.2, -0.15) is 0 Å². The summed E-state index contributed by atoms with van der Waals surface area (Å²) in [4.78, 5) is 2.24. The zero-order valence-electron chi connectivity index (χ0n) is 8.37. The first kappa shape index (κ1) is 11.8. The molecule has 0 aliphatic carbocycles. The van der Waals surface area contributed by atoms with Gasteiger partial charge in [-0.05, 0) is 41.0 Å². The summed E-state index contributed by atoms with van der Waals surface area (Å²) in [6.07, 6.45) is 0.815. The average molecular weight is 262 g/mol. The lowest BCUT2D eigenvalue weighted by Crippen LogP contribution is -2.24. The molecule has 0 saturated carbocycles. The van der Waals surface area contributed by atoms with Crippen LogP contribution in [0.5, 0.6) is 0 Å². The topological polar surface area (TPSA) is 36.6 Å². The van der Waals surface area contributed by atoms with Crippen LogP contribution >= 0.6 is 15.9 Å². The molecule has 0 amide bonds. The number of aliphatic hydroxyl groups is 1. The molecule has 1 rings (SSSR count). The zero-order chi connectivity index (χ0) is 10.4. The summed E-state index contributed by atoms with van der Waals surface area (Å²) in [5.74, 6) is 0.955. The third-order valence-corrected chi connectivity index (χ3v) is 2.51. The van der Waals surface area contributed by atoms with Crippen molar-refractivity contribution in [2.45, 2.75) is 19.9 Å². The molecule has 1 aromatic rings. The quantitative estimate of drug-likeness (QED) is 0.854. The molecule has 0 bridgehead atoms. The fraction of sp³-hybridized carbons (Fsp3) is 0.600. The molecule has 0 spiro atoms. The summed E-state index contributed by atoms with van der Waals surface area (Å²) in [6, 6.07) is 3.86. The Labute approximate surface area is 92.8 Å². The van der Waals surface area contributed by atoms with E-state index in [0.717, 1.165) is 36.5 Å². The van der Waals surface area contributed by atoms with E-state index in [9.17, 15) is 0 Å². The molecule has 0 radical (unpaired) electrons. The second-order valence-electron chi connectivity index (χ2n) is 3.15. The molecule has 0 saturated heterocycles. The van der Waals surface area contributed by atoms with Gasteiger partial charge in [0.05, 0.1) is 6.54 Å². The lowest BCUT2D eigenvalue weighted by atomic mass is 10.3. The van der Waals surface area contributed by atoms with Crippen LogP contribution in [0, 0.1) is 0 Å². The summed E-state index contributed by atoms with van der Waals surface area (Å²) in [5, 5.41) is 8.72. The van der Waals surface area contributed by atoms with E-state index in [4.69, 9.17) is 9.52 Å². The van der Waals surface area contributed by atoms with Crippen LogP contribution < -0.4 is 0 Å². The van der Waals surface area contributed by atoms with E-state index in [1.54, 1.807) is 0 Å². The maximum Gasteiger partial charge on any atom is 0.169 e. The van der Waals surface area contributed by atoms with Crippen LogP contribution in [-0.4, -0.2) is 29.7 Å².